The molecule has 0 bridgehead atoms. The van der Waals surface area contributed by atoms with Crippen molar-refractivity contribution in [2.24, 2.45) is 12.2 Å². The molecule has 0 atom stereocenters. The molecule has 0 spiro atoms. The molecule has 0 saturated heterocycles. The maximum atomic E-state index is 11.5. The quantitative estimate of drug-likeness (QED) is 0.501. The van der Waals surface area contributed by atoms with Crippen LogP contribution in [0.5, 0.6) is 0 Å². The number of nitrogens with two attached hydrogens (primary N) is 1. The number of nitrogens with zero attached hydrogens (tertiary/aromatic N) is 4. The average Bonchev–Trinajstić information content (AvgIpc) is 3.12. The van der Waals surface area contributed by atoms with Crippen molar-refractivity contribution in [1.29, 1.82) is 0 Å². The summed E-state index contributed by atoms with van der Waals surface area (Å²) in [6.45, 7) is 2.82. The lowest BCUT2D eigenvalue weighted by atomic mass is 10.2. The second kappa shape index (κ2) is 7.19. The van der Waals surface area contributed by atoms with E-state index >= 15 is 0 Å². The highest BCUT2D eigenvalue weighted by atomic mass is 32.2. The molecule has 134 valence electrons. The van der Waals surface area contributed by atoms with Crippen LogP contribution < -0.4 is 5.14 Å². The third-order valence-electron chi connectivity index (χ3n) is 3.93. The molecule has 0 radical (unpaired) electrons. The van der Waals surface area contributed by atoms with Gasteiger partial charge in [0, 0.05) is 25.5 Å². The lowest BCUT2D eigenvalue weighted by Crippen LogP contribution is -2.11. The number of primary sulfonamides is 1. The number of sulfonamides is 1. The first-order valence-corrected chi connectivity index (χ1v) is 10.5. The van der Waals surface area contributed by atoms with Gasteiger partial charge in [0.25, 0.3) is 0 Å². The molecule has 2 heterocycles. The Hall–Kier alpha value is -1.84. The number of aromatic nitrogens is 4. The molecule has 2 N–H and O–H groups in total. The van der Waals surface area contributed by atoms with E-state index in [1.54, 1.807) is 17.8 Å². The van der Waals surface area contributed by atoms with Gasteiger partial charge in [0.1, 0.15) is 0 Å². The van der Waals surface area contributed by atoms with E-state index in [0.717, 1.165) is 35.8 Å². The van der Waals surface area contributed by atoms with Crippen LogP contribution >= 0.6 is 11.8 Å². The average molecular weight is 380 g/mol. The summed E-state index contributed by atoms with van der Waals surface area (Å²) in [5.74, 6) is 0.931. The van der Waals surface area contributed by atoms with E-state index in [2.05, 4.69) is 21.6 Å². The van der Waals surface area contributed by atoms with Crippen LogP contribution in [0.1, 0.15) is 18.9 Å². The predicted octanol–water partition coefficient (Wildman–Crippen LogP) is 2.16. The summed E-state index contributed by atoms with van der Waals surface area (Å²) in [5, 5.41) is 10.3. The summed E-state index contributed by atoms with van der Waals surface area (Å²) < 4.78 is 26.9. The molecule has 0 aliphatic heterocycles. The number of rotatable bonds is 7. The minimum absolute atomic E-state index is 0.0916. The summed E-state index contributed by atoms with van der Waals surface area (Å²) in [7, 11) is -1.80. The first kappa shape index (κ1) is 18.0. The first-order chi connectivity index (χ1) is 11.9. The van der Waals surface area contributed by atoms with E-state index in [9.17, 15) is 8.42 Å². The number of thioether (sulfide) groups is 1. The zero-order valence-corrected chi connectivity index (χ0v) is 15.8. The molecule has 25 heavy (non-hydrogen) atoms. The lowest BCUT2D eigenvalue weighted by molar-refractivity contribution is 0.598. The number of hydrogen-bond acceptors (Lipinski definition) is 5. The van der Waals surface area contributed by atoms with Gasteiger partial charge >= 0.3 is 0 Å². The van der Waals surface area contributed by atoms with Crippen molar-refractivity contribution in [3.63, 3.8) is 0 Å². The zero-order chi connectivity index (χ0) is 18.0. The normalized spacial score (nSPS) is 12.1. The molecule has 1 aromatic carbocycles. The summed E-state index contributed by atoms with van der Waals surface area (Å²) in [6, 6.07) is 4.84. The van der Waals surface area contributed by atoms with Crippen LogP contribution in [-0.4, -0.2) is 33.5 Å². The molecule has 3 rings (SSSR count). The first-order valence-electron chi connectivity index (χ1n) is 8.02. The van der Waals surface area contributed by atoms with Gasteiger partial charge in [0.2, 0.25) is 10.0 Å². The number of aryl methyl sites for hydroxylation is 3. The van der Waals surface area contributed by atoms with Crippen molar-refractivity contribution in [2.75, 3.05) is 5.75 Å². The third-order valence-corrected chi connectivity index (χ3v) is 5.90. The fourth-order valence-corrected chi connectivity index (χ4v) is 4.27. The minimum atomic E-state index is -3.72. The van der Waals surface area contributed by atoms with Crippen molar-refractivity contribution in [3.8, 4) is 0 Å². The van der Waals surface area contributed by atoms with Gasteiger partial charge in [0.05, 0.1) is 22.1 Å². The van der Waals surface area contributed by atoms with Crippen molar-refractivity contribution in [2.45, 2.75) is 36.4 Å². The van der Waals surface area contributed by atoms with Gasteiger partial charge in [-0.05, 0) is 43.5 Å². The zero-order valence-electron chi connectivity index (χ0n) is 14.2. The standard InChI is InChI=1S/C16H21N5O2S2/c1-3-21-15-7-6-13(25(17,22)23)9-14(15)19-16(21)24-8-4-5-12-10-18-20(2)11-12/h6-7,9-11H,3-5,8H2,1-2H3,(H2,17,22,23). The maximum Gasteiger partial charge on any atom is 0.238 e. The van der Waals surface area contributed by atoms with Gasteiger partial charge < -0.3 is 4.57 Å². The minimum Gasteiger partial charge on any atom is -0.319 e. The fourth-order valence-electron chi connectivity index (χ4n) is 2.72. The highest BCUT2D eigenvalue weighted by Crippen LogP contribution is 2.26. The number of fused-ring (bicyclic) bond motifs is 1. The highest BCUT2D eigenvalue weighted by Gasteiger charge is 2.14. The molecule has 0 aliphatic carbocycles. The van der Waals surface area contributed by atoms with Crippen molar-refractivity contribution in [1.82, 2.24) is 19.3 Å². The fraction of sp³-hybridized carbons (Fsp3) is 0.375. The van der Waals surface area contributed by atoms with Gasteiger partial charge in [-0.3, -0.25) is 4.68 Å². The Morgan fingerprint density at radius 2 is 2.12 bits per heavy atom. The van der Waals surface area contributed by atoms with E-state index in [1.807, 2.05) is 24.1 Å². The Labute approximate surface area is 151 Å². The lowest BCUT2D eigenvalue weighted by Gasteiger charge is -2.05. The van der Waals surface area contributed by atoms with Gasteiger partial charge in [0.15, 0.2) is 5.16 Å². The van der Waals surface area contributed by atoms with Crippen LogP contribution in [0.2, 0.25) is 0 Å². The van der Waals surface area contributed by atoms with Crippen LogP contribution in [0.15, 0.2) is 40.6 Å². The van der Waals surface area contributed by atoms with Crippen LogP contribution in [0.25, 0.3) is 11.0 Å². The number of benzene rings is 1. The van der Waals surface area contributed by atoms with E-state index in [0.29, 0.717) is 5.52 Å². The highest BCUT2D eigenvalue weighted by molar-refractivity contribution is 7.99. The van der Waals surface area contributed by atoms with Crippen LogP contribution in [-0.2, 0) is 30.0 Å². The molecule has 7 nitrogen and oxygen atoms in total. The molecule has 3 aromatic rings. The molecule has 0 unspecified atom stereocenters. The smallest absolute Gasteiger partial charge is 0.238 e. The Bertz CT molecular complexity index is 991. The van der Waals surface area contributed by atoms with Crippen molar-refractivity contribution < 1.29 is 8.42 Å². The van der Waals surface area contributed by atoms with Gasteiger partial charge in [-0.1, -0.05) is 11.8 Å². The molecule has 0 amide bonds. The van der Waals surface area contributed by atoms with E-state index in [4.69, 9.17) is 5.14 Å². The second-order valence-electron chi connectivity index (χ2n) is 5.81. The summed E-state index contributed by atoms with van der Waals surface area (Å²) >= 11 is 1.68. The Morgan fingerprint density at radius 1 is 1.32 bits per heavy atom. The molecule has 0 aliphatic rings. The number of imidazole rings is 1. The van der Waals surface area contributed by atoms with Crippen LogP contribution in [0.3, 0.4) is 0 Å². The second-order valence-corrected chi connectivity index (χ2v) is 8.43. The molecule has 0 saturated carbocycles. The molecular weight excluding hydrogens is 358 g/mol. The molecule has 9 heteroatoms. The SMILES string of the molecule is CCn1c(SCCCc2cnn(C)c2)nc2cc(S(N)(=O)=O)ccc21. The predicted molar refractivity (Wildman–Crippen MR) is 99.0 cm³/mol. The van der Waals surface area contributed by atoms with Crippen molar-refractivity contribution >= 4 is 32.8 Å². The van der Waals surface area contributed by atoms with Crippen LogP contribution in [0, 0.1) is 0 Å². The van der Waals surface area contributed by atoms with Crippen LogP contribution in [0.4, 0.5) is 0 Å². The third kappa shape index (κ3) is 4.05. The van der Waals surface area contributed by atoms with E-state index < -0.39 is 10.0 Å². The largest absolute Gasteiger partial charge is 0.319 e. The van der Waals surface area contributed by atoms with Gasteiger partial charge in [-0.2, -0.15) is 5.10 Å². The Kier molecular flexibility index (Phi) is 5.16. The molecule has 0 fully saturated rings. The number of hydrogen-bond donors (Lipinski definition) is 1. The van der Waals surface area contributed by atoms with E-state index in [-0.39, 0.29) is 4.90 Å². The monoisotopic (exact) mass is 379 g/mol. The Morgan fingerprint density at radius 3 is 2.76 bits per heavy atom. The molecule has 2 aromatic heterocycles. The maximum absolute atomic E-state index is 11.5. The van der Waals surface area contributed by atoms with E-state index in [1.165, 1.54) is 17.7 Å². The van der Waals surface area contributed by atoms with Gasteiger partial charge in [-0.15, -0.1) is 0 Å². The topological polar surface area (TPSA) is 95.8 Å². The molecular formula is C16H21N5O2S2. The Balaban J connectivity index is 1.74. The summed E-state index contributed by atoms with van der Waals surface area (Å²) in [5.41, 5.74) is 2.80. The van der Waals surface area contributed by atoms with Crippen molar-refractivity contribution in [3.05, 3.63) is 36.2 Å². The summed E-state index contributed by atoms with van der Waals surface area (Å²) in [6.07, 6.45) is 5.91. The summed E-state index contributed by atoms with van der Waals surface area (Å²) in [4.78, 5) is 4.69. The van der Waals surface area contributed by atoms with Gasteiger partial charge in [-0.25, -0.2) is 18.5 Å².